The predicted molar refractivity (Wildman–Crippen MR) is 58.3 cm³/mol. The van der Waals surface area contributed by atoms with E-state index in [9.17, 15) is 0 Å². The Labute approximate surface area is 89.5 Å². The van der Waals surface area contributed by atoms with Crippen molar-refractivity contribution in [1.82, 2.24) is 15.3 Å². The molecule has 0 saturated carbocycles. The van der Waals surface area contributed by atoms with E-state index in [1.807, 2.05) is 0 Å². The molecule has 0 amide bonds. The van der Waals surface area contributed by atoms with E-state index in [4.69, 9.17) is 4.74 Å². The van der Waals surface area contributed by atoms with Gasteiger partial charge in [0.05, 0.1) is 25.5 Å². The molecule has 2 heterocycles. The first-order valence-electron chi connectivity index (χ1n) is 5.18. The summed E-state index contributed by atoms with van der Waals surface area (Å²) in [6.07, 6.45) is 3.40. The van der Waals surface area contributed by atoms with Crippen LogP contribution in [0.25, 0.3) is 0 Å². The summed E-state index contributed by atoms with van der Waals surface area (Å²) in [6.45, 7) is 5.10. The van der Waals surface area contributed by atoms with Gasteiger partial charge in [0, 0.05) is 19.6 Å². The number of nitrogens with zero attached hydrogens (tertiary/aromatic N) is 3. The molecule has 1 fully saturated rings. The van der Waals surface area contributed by atoms with Crippen LogP contribution in [0.2, 0.25) is 0 Å². The molecule has 5 heteroatoms. The van der Waals surface area contributed by atoms with Gasteiger partial charge in [-0.3, -0.25) is 4.98 Å². The average Bonchev–Trinajstić information content (AvgIpc) is 2.23. The number of rotatable bonds is 4. The summed E-state index contributed by atoms with van der Waals surface area (Å²) in [4.78, 5) is 10.7. The lowest BCUT2D eigenvalue weighted by Crippen LogP contribution is -2.57. The maximum atomic E-state index is 5.06. The first-order chi connectivity index (χ1) is 7.35. The molecule has 1 saturated heterocycles. The molecule has 1 N–H and O–H groups in total. The molecular weight excluding hydrogens is 192 g/mol. The minimum Gasteiger partial charge on any atom is -0.480 e. The van der Waals surface area contributed by atoms with E-state index in [0.717, 1.165) is 25.5 Å². The fourth-order valence-corrected chi connectivity index (χ4v) is 1.68. The minimum absolute atomic E-state index is 0.538. The Morgan fingerprint density at radius 2 is 2.33 bits per heavy atom. The molecule has 0 spiro atoms. The van der Waals surface area contributed by atoms with Crippen LogP contribution in [0.1, 0.15) is 6.92 Å². The Hall–Kier alpha value is -1.36. The second kappa shape index (κ2) is 4.44. The highest BCUT2D eigenvalue weighted by Gasteiger charge is 2.24. The molecule has 0 radical (unpaired) electrons. The molecule has 0 aromatic carbocycles. The molecule has 0 unspecified atom stereocenters. The van der Waals surface area contributed by atoms with Gasteiger partial charge in [0.25, 0.3) is 0 Å². The van der Waals surface area contributed by atoms with Crippen molar-refractivity contribution in [3.05, 3.63) is 12.4 Å². The monoisotopic (exact) mass is 208 g/mol. The summed E-state index contributed by atoms with van der Waals surface area (Å²) in [5.74, 6) is 1.46. The van der Waals surface area contributed by atoms with E-state index in [2.05, 4.69) is 27.1 Å². The summed E-state index contributed by atoms with van der Waals surface area (Å²) in [5, 5.41) is 3.25. The lowest BCUT2D eigenvalue weighted by Gasteiger charge is -2.38. The van der Waals surface area contributed by atoms with Crippen LogP contribution >= 0.6 is 0 Å². The largest absolute Gasteiger partial charge is 0.480 e. The van der Waals surface area contributed by atoms with Crippen LogP contribution in [0.4, 0.5) is 5.82 Å². The number of anilines is 1. The van der Waals surface area contributed by atoms with E-state index in [1.54, 1.807) is 19.5 Å². The number of methoxy groups -OCH3 is 1. The van der Waals surface area contributed by atoms with Gasteiger partial charge in [-0.2, -0.15) is 4.98 Å². The van der Waals surface area contributed by atoms with Gasteiger partial charge < -0.3 is 15.0 Å². The van der Waals surface area contributed by atoms with Crippen LogP contribution in [0.3, 0.4) is 0 Å². The number of likely N-dealkylation sites (N-methyl/N-ethyl adjacent to an activating group) is 1. The standard InChI is InChI=1S/C10H16N4O/c1-3-14(8-4-11-5-8)9-6-12-7-10(13-9)15-2/h6-8,11H,3-5H2,1-2H3. The topological polar surface area (TPSA) is 50.3 Å². The summed E-state index contributed by atoms with van der Waals surface area (Å²) in [7, 11) is 1.61. The van der Waals surface area contributed by atoms with E-state index in [1.165, 1.54) is 0 Å². The van der Waals surface area contributed by atoms with Crippen LogP contribution in [0, 0.1) is 0 Å². The Balaban J connectivity index is 2.17. The molecule has 0 bridgehead atoms. The van der Waals surface area contributed by atoms with Crippen molar-refractivity contribution in [3.63, 3.8) is 0 Å². The second-order valence-corrected chi connectivity index (χ2v) is 3.52. The first-order valence-corrected chi connectivity index (χ1v) is 5.18. The zero-order valence-corrected chi connectivity index (χ0v) is 9.10. The minimum atomic E-state index is 0.538. The van der Waals surface area contributed by atoms with Crippen molar-refractivity contribution in [2.24, 2.45) is 0 Å². The van der Waals surface area contributed by atoms with E-state index in [-0.39, 0.29) is 0 Å². The highest BCUT2D eigenvalue weighted by Crippen LogP contribution is 2.17. The quantitative estimate of drug-likeness (QED) is 0.770. The van der Waals surface area contributed by atoms with Crippen molar-refractivity contribution in [2.75, 3.05) is 31.6 Å². The maximum Gasteiger partial charge on any atom is 0.233 e. The summed E-state index contributed by atoms with van der Waals surface area (Å²) in [6, 6.07) is 0.538. The van der Waals surface area contributed by atoms with Crippen LogP contribution in [0.15, 0.2) is 12.4 Å². The number of ether oxygens (including phenoxy) is 1. The Morgan fingerprint density at radius 1 is 1.53 bits per heavy atom. The van der Waals surface area contributed by atoms with Gasteiger partial charge in [-0.15, -0.1) is 0 Å². The Bertz CT molecular complexity index is 327. The molecule has 1 aliphatic heterocycles. The Kier molecular flexibility index (Phi) is 3.01. The van der Waals surface area contributed by atoms with Crippen LogP contribution in [0.5, 0.6) is 5.88 Å². The zero-order chi connectivity index (χ0) is 10.7. The molecule has 0 aliphatic carbocycles. The highest BCUT2D eigenvalue weighted by molar-refractivity contribution is 5.39. The maximum absolute atomic E-state index is 5.06. The molecule has 15 heavy (non-hydrogen) atoms. The van der Waals surface area contributed by atoms with Crippen molar-refractivity contribution >= 4 is 5.82 Å². The van der Waals surface area contributed by atoms with Crippen LogP contribution in [-0.2, 0) is 0 Å². The molecule has 1 aromatic heterocycles. The number of hydrogen-bond donors (Lipinski definition) is 1. The van der Waals surface area contributed by atoms with Crippen molar-refractivity contribution in [2.45, 2.75) is 13.0 Å². The highest BCUT2D eigenvalue weighted by atomic mass is 16.5. The second-order valence-electron chi connectivity index (χ2n) is 3.52. The van der Waals surface area contributed by atoms with Gasteiger partial charge in [-0.25, -0.2) is 0 Å². The molecule has 1 aliphatic rings. The lowest BCUT2D eigenvalue weighted by atomic mass is 10.1. The Morgan fingerprint density at radius 3 is 2.87 bits per heavy atom. The van der Waals surface area contributed by atoms with Gasteiger partial charge >= 0.3 is 0 Å². The third kappa shape index (κ3) is 2.02. The van der Waals surface area contributed by atoms with Gasteiger partial charge in [-0.05, 0) is 6.92 Å². The smallest absolute Gasteiger partial charge is 0.233 e. The lowest BCUT2D eigenvalue weighted by molar-refractivity contribution is 0.389. The molecule has 1 aromatic rings. The van der Waals surface area contributed by atoms with Crippen LogP contribution in [-0.4, -0.2) is 42.8 Å². The number of nitrogens with one attached hydrogen (secondary N) is 1. The summed E-state index contributed by atoms with van der Waals surface area (Å²) < 4.78 is 5.06. The van der Waals surface area contributed by atoms with Crippen molar-refractivity contribution in [3.8, 4) is 5.88 Å². The molecular formula is C10H16N4O. The van der Waals surface area contributed by atoms with Gasteiger partial charge in [-0.1, -0.05) is 0 Å². The average molecular weight is 208 g/mol. The van der Waals surface area contributed by atoms with Gasteiger partial charge in [0.2, 0.25) is 5.88 Å². The third-order valence-electron chi connectivity index (χ3n) is 2.64. The first kappa shape index (κ1) is 10.2. The summed E-state index contributed by atoms with van der Waals surface area (Å²) >= 11 is 0. The van der Waals surface area contributed by atoms with E-state index < -0.39 is 0 Å². The third-order valence-corrected chi connectivity index (χ3v) is 2.64. The fraction of sp³-hybridized carbons (Fsp3) is 0.600. The van der Waals surface area contributed by atoms with Crippen LogP contribution < -0.4 is 15.0 Å². The zero-order valence-electron chi connectivity index (χ0n) is 9.10. The van der Waals surface area contributed by atoms with E-state index in [0.29, 0.717) is 11.9 Å². The number of aromatic nitrogens is 2. The molecule has 5 nitrogen and oxygen atoms in total. The van der Waals surface area contributed by atoms with Crippen molar-refractivity contribution < 1.29 is 4.74 Å². The van der Waals surface area contributed by atoms with Gasteiger partial charge in [0.1, 0.15) is 0 Å². The molecule has 2 rings (SSSR count). The predicted octanol–water partition coefficient (Wildman–Crippen LogP) is 0.283. The SMILES string of the molecule is CCN(c1cncc(OC)n1)C1CNC1. The fourth-order valence-electron chi connectivity index (χ4n) is 1.68. The molecule has 82 valence electrons. The number of hydrogen-bond acceptors (Lipinski definition) is 5. The normalized spacial score (nSPS) is 15.9. The molecule has 0 atom stereocenters. The van der Waals surface area contributed by atoms with Gasteiger partial charge in [0.15, 0.2) is 5.82 Å². The van der Waals surface area contributed by atoms with Crippen molar-refractivity contribution in [1.29, 1.82) is 0 Å². The van der Waals surface area contributed by atoms with E-state index >= 15 is 0 Å². The summed E-state index contributed by atoms with van der Waals surface area (Å²) in [5.41, 5.74) is 0.